The average Bonchev–Trinajstić information content (AvgIpc) is 2.99. The molecule has 266 valence electrons. The minimum atomic E-state index is -4.58. The standard InChI is InChI=1S/C32H60O12S/c1-3-5-7-9-11-13-15-16-18-20-27(33)41-22-25(43-28(34)21-19-17-14-12-10-8-6-4-2)23-42-32-31(37)30(36)29(35)26(44-32)24-45(38,39)40/h25-26,29-32,35-37H,3-24H2,1-2H3,(H,38,39,40)/t25-,26-,29-,30?,31?,32+/m1/s1. The van der Waals surface area contributed by atoms with Crippen molar-refractivity contribution in [1.82, 2.24) is 0 Å². The van der Waals surface area contributed by atoms with Gasteiger partial charge in [0.25, 0.3) is 10.1 Å². The number of carbonyl (C=O) groups excluding carboxylic acids is 2. The van der Waals surface area contributed by atoms with E-state index in [1.54, 1.807) is 0 Å². The summed E-state index contributed by atoms with van der Waals surface area (Å²) in [5.74, 6) is -1.98. The lowest BCUT2D eigenvalue weighted by molar-refractivity contribution is -0.297. The molecule has 6 atom stereocenters. The molecule has 0 spiro atoms. The number of carbonyl (C=O) groups is 2. The number of hydrogen-bond donors (Lipinski definition) is 4. The van der Waals surface area contributed by atoms with E-state index in [2.05, 4.69) is 13.8 Å². The second-order valence-corrected chi connectivity index (χ2v) is 13.7. The van der Waals surface area contributed by atoms with Crippen molar-refractivity contribution in [1.29, 1.82) is 0 Å². The van der Waals surface area contributed by atoms with E-state index in [0.717, 1.165) is 38.5 Å². The molecule has 0 radical (unpaired) electrons. The van der Waals surface area contributed by atoms with Gasteiger partial charge >= 0.3 is 11.9 Å². The van der Waals surface area contributed by atoms with Crippen molar-refractivity contribution in [2.24, 2.45) is 0 Å². The van der Waals surface area contributed by atoms with Crippen LogP contribution in [-0.2, 0) is 38.7 Å². The van der Waals surface area contributed by atoms with Crippen LogP contribution in [0.4, 0.5) is 0 Å². The third-order valence-electron chi connectivity index (χ3n) is 7.94. The molecule has 0 aromatic heterocycles. The molecule has 1 aliphatic heterocycles. The molecule has 0 aliphatic carbocycles. The third kappa shape index (κ3) is 20.5. The Morgan fingerprint density at radius 3 is 1.62 bits per heavy atom. The summed E-state index contributed by atoms with van der Waals surface area (Å²) in [6.07, 6.45) is 9.18. The molecule has 4 N–H and O–H groups in total. The van der Waals surface area contributed by atoms with Crippen molar-refractivity contribution in [2.45, 2.75) is 173 Å². The number of esters is 2. The highest BCUT2D eigenvalue weighted by atomic mass is 32.2. The second-order valence-electron chi connectivity index (χ2n) is 12.2. The molecule has 1 rings (SSSR count). The van der Waals surface area contributed by atoms with Gasteiger partial charge in [-0.15, -0.1) is 0 Å². The molecule has 1 heterocycles. The highest BCUT2D eigenvalue weighted by Crippen LogP contribution is 2.24. The first kappa shape index (κ1) is 41.7. The first-order valence-electron chi connectivity index (χ1n) is 17.1. The van der Waals surface area contributed by atoms with Crippen LogP contribution in [0.2, 0.25) is 0 Å². The Bertz CT molecular complexity index is 883. The molecule has 0 amide bonds. The minimum Gasteiger partial charge on any atom is -0.462 e. The van der Waals surface area contributed by atoms with Gasteiger partial charge in [-0.2, -0.15) is 8.42 Å². The topological polar surface area (TPSA) is 186 Å². The highest BCUT2D eigenvalue weighted by molar-refractivity contribution is 7.85. The van der Waals surface area contributed by atoms with E-state index in [9.17, 15) is 33.3 Å². The lowest BCUT2D eigenvalue weighted by Gasteiger charge is -2.40. The van der Waals surface area contributed by atoms with E-state index in [1.165, 1.54) is 57.8 Å². The maximum absolute atomic E-state index is 12.6. The van der Waals surface area contributed by atoms with E-state index in [0.29, 0.717) is 12.8 Å². The molecule has 0 saturated carbocycles. The Hall–Kier alpha value is -1.35. The smallest absolute Gasteiger partial charge is 0.306 e. The van der Waals surface area contributed by atoms with Crippen LogP contribution in [0, 0.1) is 0 Å². The van der Waals surface area contributed by atoms with Crippen molar-refractivity contribution < 1.29 is 56.8 Å². The number of hydrogen-bond acceptors (Lipinski definition) is 11. The van der Waals surface area contributed by atoms with Crippen LogP contribution in [0.1, 0.15) is 136 Å². The summed E-state index contributed by atoms with van der Waals surface area (Å²) in [6.45, 7) is 3.65. The van der Waals surface area contributed by atoms with E-state index in [4.69, 9.17) is 23.5 Å². The zero-order valence-corrected chi connectivity index (χ0v) is 28.3. The van der Waals surface area contributed by atoms with Gasteiger partial charge in [0.2, 0.25) is 0 Å². The van der Waals surface area contributed by atoms with Gasteiger partial charge in [-0.05, 0) is 12.8 Å². The summed E-state index contributed by atoms with van der Waals surface area (Å²) in [6, 6.07) is 0. The van der Waals surface area contributed by atoms with Crippen LogP contribution in [0.15, 0.2) is 0 Å². The third-order valence-corrected chi connectivity index (χ3v) is 8.69. The van der Waals surface area contributed by atoms with Gasteiger partial charge in [-0.1, -0.05) is 110 Å². The molecule has 12 nitrogen and oxygen atoms in total. The van der Waals surface area contributed by atoms with Crippen LogP contribution >= 0.6 is 0 Å². The molecule has 2 unspecified atom stereocenters. The number of aliphatic hydroxyl groups is 3. The summed E-state index contributed by atoms with van der Waals surface area (Å²) in [7, 11) is -4.58. The second kappa shape index (κ2) is 24.8. The van der Waals surface area contributed by atoms with Gasteiger partial charge in [0.15, 0.2) is 12.4 Å². The molecular weight excluding hydrogens is 608 g/mol. The first-order chi connectivity index (χ1) is 21.5. The zero-order valence-electron chi connectivity index (χ0n) is 27.5. The Balaban J connectivity index is 2.59. The maximum Gasteiger partial charge on any atom is 0.306 e. The molecule has 1 saturated heterocycles. The van der Waals surface area contributed by atoms with E-state index < -0.39 is 71.2 Å². The monoisotopic (exact) mass is 668 g/mol. The first-order valence-corrected chi connectivity index (χ1v) is 18.7. The van der Waals surface area contributed by atoms with E-state index >= 15 is 0 Å². The van der Waals surface area contributed by atoms with E-state index in [-0.39, 0.29) is 19.4 Å². The normalized spacial score (nSPS) is 22.7. The summed E-state index contributed by atoms with van der Waals surface area (Å²) in [5, 5.41) is 30.6. The van der Waals surface area contributed by atoms with Gasteiger partial charge in [-0.3, -0.25) is 14.1 Å². The summed E-state index contributed by atoms with van der Waals surface area (Å²) >= 11 is 0. The molecular formula is C32H60O12S. The summed E-state index contributed by atoms with van der Waals surface area (Å²) < 4.78 is 53.5. The highest BCUT2D eigenvalue weighted by Gasteiger charge is 2.46. The van der Waals surface area contributed by atoms with E-state index in [1.807, 2.05) is 0 Å². The molecule has 45 heavy (non-hydrogen) atoms. The van der Waals surface area contributed by atoms with Crippen molar-refractivity contribution in [3.05, 3.63) is 0 Å². The van der Waals surface area contributed by atoms with Crippen molar-refractivity contribution in [3.63, 3.8) is 0 Å². The SMILES string of the molecule is CCCCCCCCCCCC(=O)OC[C@H](CO[C@H]1O[C@H](CS(=O)(=O)O)[C@@H](O)C(O)C1O)OC(=O)CCCCCCCCCC. The molecule has 0 bridgehead atoms. The Morgan fingerprint density at radius 1 is 0.667 bits per heavy atom. The fraction of sp³-hybridized carbons (Fsp3) is 0.938. The fourth-order valence-corrected chi connectivity index (χ4v) is 5.89. The molecule has 1 aliphatic rings. The molecule has 1 fully saturated rings. The quantitative estimate of drug-likeness (QED) is 0.0542. The van der Waals surface area contributed by atoms with Gasteiger partial charge in [0.1, 0.15) is 36.8 Å². The molecule has 13 heteroatoms. The Morgan fingerprint density at radius 2 is 1.13 bits per heavy atom. The van der Waals surface area contributed by atoms with Crippen LogP contribution in [0.3, 0.4) is 0 Å². The predicted octanol–water partition coefficient (Wildman–Crippen LogP) is 4.61. The number of aliphatic hydroxyl groups excluding tert-OH is 3. The van der Waals surface area contributed by atoms with Crippen molar-refractivity contribution in [3.8, 4) is 0 Å². The maximum atomic E-state index is 12.6. The average molecular weight is 669 g/mol. The zero-order chi connectivity index (χ0) is 33.5. The van der Waals surface area contributed by atoms with Crippen LogP contribution in [0.25, 0.3) is 0 Å². The van der Waals surface area contributed by atoms with Crippen molar-refractivity contribution in [2.75, 3.05) is 19.0 Å². The molecule has 0 aromatic rings. The van der Waals surface area contributed by atoms with Gasteiger partial charge in [0.05, 0.1) is 6.61 Å². The van der Waals surface area contributed by atoms with Crippen LogP contribution < -0.4 is 0 Å². The summed E-state index contributed by atoms with van der Waals surface area (Å²) in [4.78, 5) is 25.0. The minimum absolute atomic E-state index is 0.168. The van der Waals surface area contributed by atoms with Crippen molar-refractivity contribution >= 4 is 22.1 Å². The fourth-order valence-electron chi connectivity index (χ4n) is 5.20. The predicted molar refractivity (Wildman–Crippen MR) is 169 cm³/mol. The van der Waals surface area contributed by atoms with Gasteiger partial charge in [-0.25, -0.2) is 0 Å². The molecule has 0 aromatic carbocycles. The lowest BCUT2D eigenvalue weighted by atomic mass is 10.00. The van der Waals surface area contributed by atoms with Gasteiger partial charge in [0, 0.05) is 12.8 Å². The number of unbranched alkanes of at least 4 members (excludes halogenated alkanes) is 15. The Kier molecular flexibility index (Phi) is 22.9. The van der Waals surface area contributed by atoms with Gasteiger partial charge < -0.3 is 34.3 Å². The Labute approximate surface area is 270 Å². The number of rotatable bonds is 27. The lowest BCUT2D eigenvalue weighted by Crippen LogP contribution is -2.60. The number of ether oxygens (including phenoxy) is 4. The van der Waals surface area contributed by atoms with Crippen LogP contribution in [0.5, 0.6) is 0 Å². The summed E-state index contributed by atoms with van der Waals surface area (Å²) in [5.41, 5.74) is 0. The largest absolute Gasteiger partial charge is 0.462 e. The van der Waals surface area contributed by atoms with Crippen LogP contribution in [-0.4, -0.2) is 96.0 Å².